The van der Waals surface area contributed by atoms with Crippen LogP contribution in [-0.4, -0.2) is 35.0 Å². The highest BCUT2D eigenvalue weighted by Gasteiger charge is 2.15. The minimum Gasteiger partial charge on any atom is -0.326 e. The summed E-state index contributed by atoms with van der Waals surface area (Å²) in [5.41, 5.74) is 3.48. The summed E-state index contributed by atoms with van der Waals surface area (Å²) in [5.74, 6) is 0. The molecule has 2 rings (SSSR count). The second kappa shape index (κ2) is 3.35. The van der Waals surface area contributed by atoms with Gasteiger partial charge in [-0.05, 0) is 19.1 Å². The Morgan fingerprint density at radius 2 is 2.00 bits per heavy atom. The fourth-order valence-electron chi connectivity index (χ4n) is 1.80. The van der Waals surface area contributed by atoms with Crippen LogP contribution < -0.4 is 0 Å². The number of aryl methyl sites for hydroxylation is 1. The molecule has 0 aliphatic carbocycles. The highest BCUT2D eigenvalue weighted by atomic mass is 15.3. The van der Waals surface area contributed by atoms with Gasteiger partial charge in [0.25, 0.3) is 0 Å². The quantitative estimate of drug-likeness (QED) is 0.682. The molecule has 0 amide bonds. The second-order valence-corrected chi connectivity index (χ2v) is 5.02. The number of quaternary nitrogens is 1. The first-order valence-corrected chi connectivity index (χ1v) is 5.20. The fraction of sp³-hybridized carbons (Fsp3) is 0.417. The summed E-state index contributed by atoms with van der Waals surface area (Å²) in [6.45, 7) is 3.08. The number of pyridine rings is 1. The lowest BCUT2D eigenvalue weighted by Crippen LogP contribution is -2.34. The zero-order valence-corrected chi connectivity index (χ0v) is 9.86. The van der Waals surface area contributed by atoms with Gasteiger partial charge >= 0.3 is 0 Å². The van der Waals surface area contributed by atoms with E-state index in [0.29, 0.717) is 0 Å². The number of fused-ring (bicyclic) bond motifs is 1. The maximum atomic E-state index is 4.55. The molecule has 0 saturated heterocycles. The first kappa shape index (κ1) is 10.2. The van der Waals surface area contributed by atoms with Crippen molar-refractivity contribution >= 4 is 5.65 Å². The zero-order chi connectivity index (χ0) is 11.1. The Bertz CT molecular complexity index is 477. The predicted molar refractivity (Wildman–Crippen MR) is 61.7 cm³/mol. The van der Waals surface area contributed by atoms with Crippen molar-refractivity contribution < 1.29 is 4.48 Å². The van der Waals surface area contributed by atoms with Gasteiger partial charge in [-0.3, -0.25) is 4.40 Å². The summed E-state index contributed by atoms with van der Waals surface area (Å²) in [7, 11) is 6.59. The van der Waals surface area contributed by atoms with E-state index in [1.807, 2.05) is 18.2 Å². The third kappa shape index (κ3) is 2.02. The van der Waals surface area contributed by atoms with Crippen molar-refractivity contribution in [1.29, 1.82) is 0 Å². The normalized spacial score (nSPS) is 12.3. The Kier molecular flexibility index (Phi) is 2.27. The minimum absolute atomic E-state index is 0.920. The molecule has 0 saturated carbocycles. The first-order chi connectivity index (χ1) is 6.97. The van der Waals surface area contributed by atoms with Crippen molar-refractivity contribution in [3.05, 3.63) is 35.8 Å². The van der Waals surface area contributed by atoms with Crippen LogP contribution in [0.2, 0.25) is 0 Å². The van der Waals surface area contributed by atoms with E-state index in [9.17, 15) is 0 Å². The number of hydrogen-bond donors (Lipinski definition) is 0. The second-order valence-electron chi connectivity index (χ2n) is 5.02. The van der Waals surface area contributed by atoms with Gasteiger partial charge in [-0.2, -0.15) is 0 Å². The van der Waals surface area contributed by atoms with Crippen LogP contribution in [0.1, 0.15) is 11.4 Å². The first-order valence-electron chi connectivity index (χ1n) is 5.20. The molecular formula is C12H18N3+. The van der Waals surface area contributed by atoms with E-state index in [4.69, 9.17) is 0 Å². The van der Waals surface area contributed by atoms with Crippen LogP contribution in [-0.2, 0) is 6.54 Å². The Balaban J connectivity index is 2.54. The molecule has 2 heterocycles. The Morgan fingerprint density at radius 3 is 2.67 bits per heavy atom. The van der Waals surface area contributed by atoms with Crippen LogP contribution in [0, 0.1) is 6.92 Å². The van der Waals surface area contributed by atoms with Crippen molar-refractivity contribution in [2.45, 2.75) is 13.5 Å². The number of imidazole rings is 1. The van der Waals surface area contributed by atoms with Gasteiger partial charge in [-0.1, -0.05) is 6.07 Å². The number of nitrogens with zero attached hydrogens (tertiary/aromatic N) is 3. The maximum Gasteiger partial charge on any atom is 0.137 e. The van der Waals surface area contributed by atoms with Gasteiger partial charge in [0, 0.05) is 6.20 Å². The molecule has 0 fully saturated rings. The minimum atomic E-state index is 0.920. The highest BCUT2D eigenvalue weighted by molar-refractivity contribution is 5.42. The van der Waals surface area contributed by atoms with Crippen LogP contribution in [0.15, 0.2) is 24.4 Å². The topological polar surface area (TPSA) is 17.3 Å². The third-order valence-electron chi connectivity index (χ3n) is 2.45. The molecule has 0 N–H and O–H groups in total. The van der Waals surface area contributed by atoms with Gasteiger partial charge in [-0.25, -0.2) is 4.98 Å². The van der Waals surface area contributed by atoms with Crippen LogP contribution in [0.3, 0.4) is 0 Å². The van der Waals surface area contributed by atoms with Gasteiger partial charge in [0.1, 0.15) is 12.2 Å². The van der Waals surface area contributed by atoms with E-state index >= 15 is 0 Å². The van der Waals surface area contributed by atoms with E-state index in [0.717, 1.165) is 22.4 Å². The van der Waals surface area contributed by atoms with Crippen molar-refractivity contribution in [2.75, 3.05) is 21.1 Å². The van der Waals surface area contributed by atoms with E-state index in [1.54, 1.807) is 0 Å². The fourth-order valence-corrected chi connectivity index (χ4v) is 1.80. The SMILES string of the molecule is Cc1nc2ccccn2c1C[N+](C)(C)C. The number of rotatable bonds is 2. The Hall–Kier alpha value is -1.35. The Morgan fingerprint density at radius 1 is 1.27 bits per heavy atom. The van der Waals surface area contributed by atoms with Gasteiger partial charge in [0.15, 0.2) is 0 Å². The van der Waals surface area contributed by atoms with Crippen LogP contribution in [0.25, 0.3) is 5.65 Å². The van der Waals surface area contributed by atoms with Gasteiger partial charge in [0.05, 0.1) is 32.5 Å². The zero-order valence-electron chi connectivity index (χ0n) is 9.86. The third-order valence-corrected chi connectivity index (χ3v) is 2.45. The van der Waals surface area contributed by atoms with E-state index in [1.165, 1.54) is 5.69 Å². The van der Waals surface area contributed by atoms with E-state index in [-0.39, 0.29) is 0 Å². The molecule has 80 valence electrons. The predicted octanol–water partition coefficient (Wildman–Crippen LogP) is 1.85. The highest BCUT2D eigenvalue weighted by Crippen LogP contribution is 2.14. The van der Waals surface area contributed by atoms with Crippen molar-refractivity contribution in [3.8, 4) is 0 Å². The lowest BCUT2D eigenvalue weighted by molar-refractivity contribution is -0.884. The molecule has 3 heteroatoms. The smallest absolute Gasteiger partial charge is 0.137 e. The van der Waals surface area contributed by atoms with E-state index in [2.05, 4.69) is 43.6 Å². The summed E-state index contributed by atoms with van der Waals surface area (Å²) in [6, 6.07) is 6.12. The summed E-state index contributed by atoms with van der Waals surface area (Å²) < 4.78 is 3.10. The van der Waals surface area contributed by atoms with Crippen LogP contribution in [0.4, 0.5) is 0 Å². The van der Waals surface area contributed by atoms with Crippen molar-refractivity contribution in [2.24, 2.45) is 0 Å². The van der Waals surface area contributed by atoms with Gasteiger partial charge in [-0.15, -0.1) is 0 Å². The van der Waals surface area contributed by atoms with Crippen molar-refractivity contribution in [1.82, 2.24) is 9.38 Å². The summed E-state index contributed by atoms with van der Waals surface area (Å²) in [6.07, 6.45) is 2.08. The average molecular weight is 204 g/mol. The van der Waals surface area contributed by atoms with Gasteiger partial charge in [0.2, 0.25) is 0 Å². The molecule has 0 atom stereocenters. The largest absolute Gasteiger partial charge is 0.326 e. The Labute approximate surface area is 90.6 Å². The van der Waals surface area contributed by atoms with Gasteiger partial charge < -0.3 is 4.48 Å². The average Bonchev–Trinajstić information content (AvgIpc) is 2.41. The number of aromatic nitrogens is 2. The molecule has 0 radical (unpaired) electrons. The van der Waals surface area contributed by atoms with Crippen LogP contribution >= 0.6 is 0 Å². The summed E-state index contributed by atoms with van der Waals surface area (Å²) in [5, 5.41) is 0. The molecule has 0 spiro atoms. The molecule has 2 aromatic heterocycles. The molecule has 0 unspecified atom stereocenters. The monoisotopic (exact) mass is 204 g/mol. The molecule has 0 bridgehead atoms. The molecule has 0 aliphatic heterocycles. The molecular weight excluding hydrogens is 186 g/mol. The molecule has 2 aromatic rings. The molecule has 3 nitrogen and oxygen atoms in total. The maximum absolute atomic E-state index is 4.55. The van der Waals surface area contributed by atoms with Crippen molar-refractivity contribution in [3.63, 3.8) is 0 Å². The molecule has 15 heavy (non-hydrogen) atoms. The van der Waals surface area contributed by atoms with Crippen LogP contribution in [0.5, 0.6) is 0 Å². The number of hydrogen-bond acceptors (Lipinski definition) is 1. The standard InChI is InChI=1S/C12H18N3/c1-10-11(9-15(2,3)4)14-8-6-5-7-12(14)13-10/h5-8H,9H2,1-4H3/q+1. The van der Waals surface area contributed by atoms with E-state index < -0.39 is 0 Å². The molecule has 0 aromatic carbocycles. The summed E-state index contributed by atoms with van der Waals surface area (Å²) in [4.78, 5) is 4.55. The summed E-state index contributed by atoms with van der Waals surface area (Å²) >= 11 is 0. The lowest BCUT2D eigenvalue weighted by atomic mass is 10.3. The lowest BCUT2D eigenvalue weighted by Gasteiger charge is -2.23. The molecule has 0 aliphatic rings.